The van der Waals surface area contributed by atoms with Crippen LogP contribution in [0.4, 0.5) is 4.39 Å². The highest BCUT2D eigenvalue weighted by Crippen LogP contribution is 2.12. The summed E-state index contributed by atoms with van der Waals surface area (Å²) in [5.41, 5.74) is 1.38. The van der Waals surface area contributed by atoms with Crippen molar-refractivity contribution in [2.24, 2.45) is 0 Å². The minimum absolute atomic E-state index is 0.256. The van der Waals surface area contributed by atoms with E-state index < -0.39 is 0 Å². The Morgan fingerprint density at radius 2 is 2.22 bits per heavy atom. The standard InChI is InChI=1S/C13H16FN3O/c1-18-7-6-15-8-11-9-17(10-16-11)13-5-3-2-4-12(13)14/h2-5,9-10,15H,6-8H2,1H3. The van der Waals surface area contributed by atoms with Crippen LogP contribution < -0.4 is 5.32 Å². The first-order valence-electron chi connectivity index (χ1n) is 5.78. The average Bonchev–Trinajstić information content (AvgIpc) is 2.84. The molecule has 0 aliphatic rings. The summed E-state index contributed by atoms with van der Waals surface area (Å²) in [7, 11) is 1.66. The van der Waals surface area contributed by atoms with Gasteiger partial charge in [0.05, 0.1) is 24.3 Å². The number of hydrogen-bond acceptors (Lipinski definition) is 3. The van der Waals surface area contributed by atoms with Crippen molar-refractivity contribution in [1.29, 1.82) is 0 Å². The van der Waals surface area contributed by atoms with E-state index in [-0.39, 0.29) is 5.82 Å². The van der Waals surface area contributed by atoms with Crippen molar-refractivity contribution in [2.75, 3.05) is 20.3 Å². The van der Waals surface area contributed by atoms with Crippen LogP contribution in [-0.4, -0.2) is 29.8 Å². The molecule has 0 atom stereocenters. The van der Waals surface area contributed by atoms with Crippen molar-refractivity contribution >= 4 is 0 Å². The number of rotatable bonds is 6. The second-order valence-corrected chi connectivity index (χ2v) is 3.89. The molecule has 0 unspecified atom stereocenters. The Hall–Kier alpha value is -1.72. The number of para-hydroxylation sites is 1. The molecule has 2 aromatic rings. The summed E-state index contributed by atoms with van der Waals surface area (Å²) in [5.74, 6) is -0.256. The highest BCUT2D eigenvalue weighted by Gasteiger charge is 2.04. The summed E-state index contributed by atoms with van der Waals surface area (Å²) in [6, 6.07) is 6.63. The summed E-state index contributed by atoms with van der Waals surface area (Å²) < 4.78 is 20.2. The summed E-state index contributed by atoms with van der Waals surface area (Å²) >= 11 is 0. The molecule has 0 saturated heterocycles. The molecule has 0 fully saturated rings. The summed E-state index contributed by atoms with van der Waals surface area (Å²) in [4.78, 5) is 4.22. The Kier molecular flexibility index (Phi) is 4.44. The van der Waals surface area contributed by atoms with Gasteiger partial charge in [0.1, 0.15) is 5.82 Å². The maximum Gasteiger partial charge on any atom is 0.147 e. The number of hydrogen-bond donors (Lipinski definition) is 1. The molecule has 0 aliphatic heterocycles. The molecule has 1 aromatic heterocycles. The van der Waals surface area contributed by atoms with Crippen molar-refractivity contribution in [1.82, 2.24) is 14.9 Å². The van der Waals surface area contributed by atoms with Crippen molar-refractivity contribution in [3.8, 4) is 5.69 Å². The minimum atomic E-state index is -0.256. The lowest BCUT2D eigenvalue weighted by Crippen LogP contribution is -2.18. The van der Waals surface area contributed by atoms with Crippen LogP contribution in [0, 0.1) is 5.82 Å². The van der Waals surface area contributed by atoms with Crippen LogP contribution in [0.2, 0.25) is 0 Å². The van der Waals surface area contributed by atoms with Gasteiger partial charge in [0.2, 0.25) is 0 Å². The Balaban J connectivity index is 2.00. The molecular weight excluding hydrogens is 233 g/mol. The number of ether oxygens (including phenoxy) is 1. The summed E-state index contributed by atoms with van der Waals surface area (Å²) in [6.45, 7) is 2.07. The quantitative estimate of drug-likeness (QED) is 0.793. The van der Waals surface area contributed by atoms with E-state index in [0.717, 1.165) is 12.2 Å². The van der Waals surface area contributed by atoms with E-state index in [0.29, 0.717) is 18.8 Å². The molecule has 0 bridgehead atoms. The monoisotopic (exact) mass is 249 g/mol. The third kappa shape index (κ3) is 3.15. The lowest BCUT2D eigenvalue weighted by molar-refractivity contribution is 0.199. The second kappa shape index (κ2) is 6.28. The number of benzene rings is 1. The fraction of sp³-hybridized carbons (Fsp3) is 0.308. The van der Waals surface area contributed by atoms with Gasteiger partial charge in [-0.05, 0) is 12.1 Å². The topological polar surface area (TPSA) is 39.1 Å². The number of halogens is 1. The molecule has 96 valence electrons. The van der Waals surface area contributed by atoms with E-state index in [1.807, 2.05) is 6.20 Å². The largest absolute Gasteiger partial charge is 0.383 e. The van der Waals surface area contributed by atoms with Gasteiger partial charge in [-0.3, -0.25) is 0 Å². The third-order valence-electron chi connectivity index (χ3n) is 2.56. The Morgan fingerprint density at radius 1 is 1.39 bits per heavy atom. The van der Waals surface area contributed by atoms with E-state index in [4.69, 9.17) is 4.74 Å². The lowest BCUT2D eigenvalue weighted by Gasteiger charge is -2.03. The number of nitrogens with one attached hydrogen (secondary N) is 1. The Morgan fingerprint density at radius 3 is 3.00 bits per heavy atom. The average molecular weight is 249 g/mol. The highest BCUT2D eigenvalue weighted by atomic mass is 19.1. The molecular formula is C13H16FN3O. The molecule has 0 radical (unpaired) electrons. The Labute approximate surface area is 105 Å². The summed E-state index contributed by atoms with van der Waals surface area (Å²) in [5, 5.41) is 3.19. The van der Waals surface area contributed by atoms with Crippen molar-refractivity contribution < 1.29 is 9.13 Å². The lowest BCUT2D eigenvalue weighted by atomic mass is 10.3. The van der Waals surface area contributed by atoms with Crippen LogP contribution in [-0.2, 0) is 11.3 Å². The first-order chi connectivity index (χ1) is 8.81. The first-order valence-corrected chi connectivity index (χ1v) is 5.78. The maximum absolute atomic E-state index is 13.6. The molecule has 0 aliphatic carbocycles. The van der Waals surface area contributed by atoms with Gasteiger partial charge >= 0.3 is 0 Å². The van der Waals surface area contributed by atoms with Crippen LogP contribution in [0.15, 0.2) is 36.8 Å². The van der Waals surface area contributed by atoms with Crippen LogP contribution in [0.3, 0.4) is 0 Å². The highest BCUT2D eigenvalue weighted by molar-refractivity contribution is 5.33. The van der Waals surface area contributed by atoms with Crippen LogP contribution in [0.1, 0.15) is 5.69 Å². The van der Waals surface area contributed by atoms with Gasteiger partial charge in [-0.2, -0.15) is 0 Å². The molecule has 18 heavy (non-hydrogen) atoms. The van der Waals surface area contributed by atoms with Gasteiger partial charge in [0.25, 0.3) is 0 Å². The fourth-order valence-electron chi connectivity index (χ4n) is 1.64. The predicted octanol–water partition coefficient (Wildman–Crippen LogP) is 1.75. The zero-order chi connectivity index (χ0) is 12.8. The van der Waals surface area contributed by atoms with Crippen molar-refractivity contribution in [2.45, 2.75) is 6.54 Å². The van der Waals surface area contributed by atoms with Gasteiger partial charge in [-0.25, -0.2) is 9.37 Å². The van der Waals surface area contributed by atoms with E-state index in [2.05, 4.69) is 10.3 Å². The zero-order valence-corrected chi connectivity index (χ0v) is 10.3. The summed E-state index contributed by atoms with van der Waals surface area (Å²) in [6.07, 6.45) is 3.43. The normalized spacial score (nSPS) is 10.8. The van der Waals surface area contributed by atoms with Gasteiger partial charge in [-0.1, -0.05) is 12.1 Å². The molecule has 0 amide bonds. The Bertz CT molecular complexity index is 498. The van der Waals surface area contributed by atoms with Gasteiger partial charge < -0.3 is 14.6 Å². The van der Waals surface area contributed by atoms with Crippen molar-refractivity contribution in [3.63, 3.8) is 0 Å². The number of aromatic nitrogens is 2. The molecule has 1 heterocycles. The van der Waals surface area contributed by atoms with E-state index >= 15 is 0 Å². The molecule has 0 saturated carbocycles. The molecule has 2 rings (SSSR count). The van der Waals surface area contributed by atoms with Gasteiger partial charge in [0, 0.05) is 26.4 Å². The first kappa shape index (κ1) is 12.7. The number of imidazole rings is 1. The molecule has 1 N–H and O–H groups in total. The van der Waals surface area contributed by atoms with Crippen LogP contribution in [0.5, 0.6) is 0 Å². The SMILES string of the molecule is COCCNCc1cn(-c2ccccc2F)cn1. The molecule has 4 nitrogen and oxygen atoms in total. The van der Waals surface area contributed by atoms with Crippen LogP contribution >= 0.6 is 0 Å². The molecule has 5 heteroatoms. The number of methoxy groups -OCH3 is 1. The molecule has 0 spiro atoms. The van der Waals surface area contributed by atoms with Gasteiger partial charge in [-0.15, -0.1) is 0 Å². The smallest absolute Gasteiger partial charge is 0.147 e. The molecule has 1 aromatic carbocycles. The van der Waals surface area contributed by atoms with E-state index in [1.165, 1.54) is 6.07 Å². The fourth-order valence-corrected chi connectivity index (χ4v) is 1.64. The zero-order valence-electron chi connectivity index (χ0n) is 10.3. The predicted molar refractivity (Wildman–Crippen MR) is 67.1 cm³/mol. The van der Waals surface area contributed by atoms with Gasteiger partial charge in [0.15, 0.2) is 0 Å². The van der Waals surface area contributed by atoms with Crippen molar-refractivity contribution in [3.05, 3.63) is 48.3 Å². The van der Waals surface area contributed by atoms with E-state index in [1.54, 1.807) is 36.2 Å². The maximum atomic E-state index is 13.6. The second-order valence-electron chi connectivity index (χ2n) is 3.89. The third-order valence-corrected chi connectivity index (χ3v) is 2.56. The van der Waals surface area contributed by atoms with Crippen LogP contribution in [0.25, 0.3) is 5.69 Å². The minimum Gasteiger partial charge on any atom is -0.383 e. The number of nitrogens with zero attached hydrogens (tertiary/aromatic N) is 2. The van der Waals surface area contributed by atoms with E-state index in [9.17, 15) is 4.39 Å².